The summed E-state index contributed by atoms with van der Waals surface area (Å²) in [5.41, 5.74) is 9.28. The maximum Gasteiger partial charge on any atom is 0.240 e. The summed E-state index contributed by atoms with van der Waals surface area (Å²) in [6.07, 6.45) is 0. The lowest BCUT2D eigenvalue weighted by molar-refractivity contribution is -0.122. The van der Waals surface area contributed by atoms with E-state index in [2.05, 4.69) is 10.3 Å². The molecule has 1 atom stereocenters. The molecule has 0 fully saturated rings. The minimum atomic E-state index is -0.0498. The molecule has 0 aliphatic carbocycles. The molecule has 3 rings (SSSR count). The van der Waals surface area contributed by atoms with Crippen molar-refractivity contribution in [3.63, 3.8) is 0 Å². The standard InChI is InChI=1S/C18H20N4O/c1-12(14-7-4-3-5-8-14)20-17(23)11-22-13(2)21-18-15(19)9-6-10-16(18)22/h3-10,12H,11,19H2,1-2H3,(H,20,23). The molecule has 0 aliphatic rings. The van der Waals surface area contributed by atoms with Gasteiger partial charge in [-0.3, -0.25) is 4.79 Å². The second-order valence-corrected chi connectivity index (χ2v) is 5.66. The second kappa shape index (κ2) is 6.12. The van der Waals surface area contributed by atoms with E-state index in [0.29, 0.717) is 5.69 Å². The molecule has 0 saturated heterocycles. The number of nitrogen functional groups attached to an aromatic ring is 1. The van der Waals surface area contributed by atoms with Gasteiger partial charge in [0.05, 0.1) is 17.2 Å². The normalized spacial score (nSPS) is 12.3. The van der Waals surface area contributed by atoms with Crippen LogP contribution in [0.25, 0.3) is 11.0 Å². The number of imidazole rings is 1. The van der Waals surface area contributed by atoms with Crippen LogP contribution in [0, 0.1) is 6.92 Å². The van der Waals surface area contributed by atoms with Crippen molar-refractivity contribution in [2.75, 3.05) is 5.73 Å². The van der Waals surface area contributed by atoms with E-state index in [9.17, 15) is 4.79 Å². The first-order valence-electron chi connectivity index (χ1n) is 7.62. The lowest BCUT2D eigenvalue weighted by atomic mass is 10.1. The van der Waals surface area contributed by atoms with Crippen molar-refractivity contribution >= 4 is 22.6 Å². The van der Waals surface area contributed by atoms with Crippen molar-refractivity contribution in [3.8, 4) is 0 Å². The lowest BCUT2D eigenvalue weighted by Crippen LogP contribution is -2.30. The first-order valence-corrected chi connectivity index (χ1v) is 7.62. The first kappa shape index (κ1) is 15.1. The zero-order valence-electron chi connectivity index (χ0n) is 13.3. The molecule has 2 aromatic carbocycles. The summed E-state index contributed by atoms with van der Waals surface area (Å²) >= 11 is 0. The third-order valence-corrected chi connectivity index (χ3v) is 3.98. The number of amides is 1. The van der Waals surface area contributed by atoms with E-state index < -0.39 is 0 Å². The SMILES string of the molecule is Cc1nc2c(N)cccc2n1CC(=O)NC(C)c1ccccc1. The highest BCUT2D eigenvalue weighted by Gasteiger charge is 2.14. The van der Waals surface area contributed by atoms with Crippen LogP contribution in [0.2, 0.25) is 0 Å². The van der Waals surface area contributed by atoms with Gasteiger partial charge in [-0.2, -0.15) is 0 Å². The van der Waals surface area contributed by atoms with Crippen molar-refractivity contribution in [1.82, 2.24) is 14.9 Å². The Kier molecular flexibility index (Phi) is 4.02. The zero-order valence-corrected chi connectivity index (χ0v) is 13.3. The third kappa shape index (κ3) is 3.04. The smallest absolute Gasteiger partial charge is 0.240 e. The Morgan fingerprint density at radius 2 is 1.96 bits per heavy atom. The van der Waals surface area contributed by atoms with Crippen LogP contribution >= 0.6 is 0 Å². The topological polar surface area (TPSA) is 72.9 Å². The fraction of sp³-hybridized carbons (Fsp3) is 0.222. The predicted octanol–water partition coefficient (Wildman–Crippen LogP) is 2.80. The van der Waals surface area contributed by atoms with Crippen LogP contribution in [0.4, 0.5) is 5.69 Å². The minimum absolute atomic E-state index is 0.0381. The van der Waals surface area contributed by atoms with Crippen LogP contribution in [0.3, 0.4) is 0 Å². The van der Waals surface area contributed by atoms with Gasteiger partial charge in [0, 0.05) is 0 Å². The summed E-state index contributed by atoms with van der Waals surface area (Å²) in [6, 6.07) is 15.5. The van der Waals surface area contributed by atoms with Crippen molar-refractivity contribution in [1.29, 1.82) is 0 Å². The molecule has 1 aromatic heterocycles. The summed E-state index contributed by atoms with van der Waals surface area (Å²) in [4.78, 5) is 16.8. The largest absolute Gasteiger partial charge is 0.397 e. The van der Waals surface area contributed by atoms with Crippen molar-refractivity contribution in [3.05, 3.63) is 59.9 Å². The summed E-state index contributed by atoms with van der Waals surface area (Å²) in [6.45, 7) is 4.08. The van der Waals surface area contributed by atoms with Crippen LogP contribution < -0.4 is 11.1 Å². The average molecular weight is 308 g/mol. The number of fused-ring (bicyclic) bond motifs is 1. The molecule has 5 nitrogen and oxygen atoms in total. The van der Waals surface area contributed by atoms with Gasteiger partial charge in [-0.15, -0.1) is 0 Å². The molecule has 118 valence electrons. The molecule has 5 heteroatoms. The molecule has 1 amide bonds. The first-order chi connectivity index (χ1) is 11.1. The molecule has 0 radical (unpaired) electrons. The Morgan fingerprint density at radius 3 is 2.70 bits per heavy atom. The number of carbonyl (C=O) groups excluding carboxylic acids is 1. The van der Waals surface area contributed by atoms with Crippen molar-refractivity contribution in [2.24, 2.45) is 0 Å². The number of para-hydroxylation sites is 1. The Morgan fingerprint density at radius 1 is 1.22 bits per heavy atom. The average Bonchev–Trinajstić information content (AvgIpc) is 2.86. The van der Waals surface area contributed by atoms with Crippen LogP contribution in [-0.2, 0) is 11.3 Å². The number of hydrogen-bond acceptors (Lipinski definition) is 3. The van der Waals surface area contributed by atoms with E-state index in [0.717, 1.165) is 22.4 Å². The lowest BCUT2D eigenvalue weighted by Gasteiger charge is -2.15. The minimum Gasteiger partial charge on any atom is -0.397 e. The molecule has 1 heterocycles. The Bertz CT molecular complexity index is 839. The van der Waals surface area contributed by atoms with Crippen molar-refractivity contribution in [2.45, 2.75) is 26.4 Å². The van der Waals surface area contributed by atoms with Gasteiger partial charge in [-0.05, 0) is 31.5 Å². The van der Waals surface area contributed by atoms with E-state index in [1.807, 2.05) is 66.9 Å². The maximum absolute atomic E-state index is 12.4. The van der Waals surface area contributed by atoms with Gasteiger partial charge in [0.15, 0.2) is 0 Å². The number of nitrogens with zero attached hydrogens (tertiary/aromatic N) is 2. The van der Waals surface area contributed by atoms with E-state index in [4.69, 9.17) is 5.73 Å². The highest BCUT2D eigenvalue weighted by atomic mass is 16.2. The molecular weight excluding hydrogens is 288 g/mol. The summed E-state index contributed by atoms with van der Waals surface area (Å²) in [5, 5.41) is 3.02. The predicted molar refractivity (Wildman–Crippen MR) is 91.9 cm³/mol. The van der Waals surface area contributed by atoms with E-state index in [-0.39, 0.29) is 18.5 Å². The number of aromatic nitrogens is 2. The van der Waals surface area contributed by atoms with Crippen LogP contribution in [0.5, 0.6) is 0 Å². The Hall–Kier alpha value is -2.82. The van der Waals surface area contributed by atoms with Crippen LogP contribution in [-0.4, -0.2) is 15.5 Å². The Labute approximate surface area is 135 Å². The Balaban J connectivity index is 1.78. The summed E-state index contributed by atoms with van der Waals surface area (Å²) in [7, 11) is 0. The summed E-state index contributed by atoms with van der Waals surface area (Å²) < 4.78 is 1.89. The molecule has 3 N–H and O–H groups in total. The fourth-order valence-corrected chi connectivity index (χ4v) is 2.74. The molecule has 0 spiro atoms. The number of nitrogens with two attached hydrogens (primary N) is 1. The molecule has 3 aromatic rings. The van der Waals surface area contributed by atoms with Crippen LogP contribution in [0.15, 0.2) is 48.5 Å². The number of rotatable bonds is 4. The maximum atomic E-state index is 12.4. The van der Waals surface area contributed by atoms with Gasteiger partial charge < -0.3 is 15.6 Å². The molecule has 1 unspecified atom stereocenters. The monoisotopic (exact) mass is 308 g/mol. The van der Waals surface area contributed by atoms with E-state index in [1.54, 1.807) is 0 Å². The number of hydrogen-bond donors (Lipinski definition) is 2. The number of aryl methyl sites for hydroxylation is 1. The van der Waals surface area contributed by atoms with E-state index in [1.165, 1.54) is 0 Å². The third-order valence-electron chi connectivity index (χ3n) is 3.98. The zero-order chi connectivity index (χ0) is 16.4. The number of anilines is 1. The van der Waals surface area contributed by atoms with Gasteiger partial charge in [-0.25, -0.2) is 4.98 Å². The van der Waals surface area contributed by atoms with Gasteiger partial charge >= 0.3 is 0 Å². The van der Waals surface area contributed by atoms with Gasteiger partial charge in [0.2, 0.25) is 5.91 Å². The number of carbonyl (C=O) groups is 1. The van der Waals surface area contributed by atoms with Gasteiger partial charge in [-0.1, -0.05) is 36.4 Å². The van der Waals surface area contributed by atoms with Gasteiger partial charge in [0.1, 0.15) is 17.9 Å². The van der Waals surface area contributed by atoms with Crippen LogP contribution in [0.1, 0.15) is 24.4 Å². The molecule has 0 bridgehead atoms. The summed E-state index contributed by atoms with van der Waals surface area (Å²) in [5.74, 6) is 0.728. The number of benzene rings is 2. The fourth-order valence-electron chi connectivity index (χ4n) is 2.74. The van der Waals surface area contributed by atoms with E-state index >= 15 is 0 Å². The molecule has 0 aliphatic heterocycles. The molecular formula is C18H20N4O. The molecule has 0 saturated carbocycles. The molecule has 23 heavy (non-hydrogen) atoms. The number of nitrogens with one attached hydrogen (secondary N) is 1. The highest BCUT2D eigenvalue weighted by molar-refractivity contribution is 5.89. The highest BCUT2D eigenvalue weighted by Crippen LogP contribution is 2.21. The van der Waals surface area contributed by atoms with Crippen molar-refractivity contribution < 1.29 is 4.79 Å². The quantitative estimate of drug-likeness (QED) is 0.728. The second-order valence-electron chi connectivity index (χ2n) is 5.66. The van der Waals surface area contributed by atoms with Gasteiger partial charge in [0.25, 0.3) is 0 Å².